The number of nitrogens with zero attached hydrogens (tertiary/aromatic N) is 6. The van der Waals surface area contributed by atoms with E-state index in [4.69, 9.17) is 53.3 Å². The number of pyridine rings is 1. The van der Waals surface area contributed by atoms with Gasteiger partial charge < -0.3 is 89.7 Å². The van der Waals surface area contributed by atoms with Crippen LogP contribution in [0.1, 0.15) is 54.6 Å². The summed E-state index contributed by atoms with van der Waals surface area (Å²) in [5.74, 6) is -10.2. The number of amides is 5. The number of urea groups is 1. The Hall–Kier alpha value is -7.72. The molecule has 5 rings (SSSR count). The number of carbonyl (C=O) groups is 8. The second kappa shape index (κ2) is 49.4. The van der Waals surface area contributed by atoms with Gasteiger partial charge in [0, 0.05) is 26.3 Å². The molecule has 5 atom stereocenters. The van der Waals surface area contributed by atoms with Crippen molar-refractivity contribution < 1.29 is 168 Å². The second-order valence-electron chi connectivity index (χ2n) is 21.8. The van der Waals surface area contributed by atoms with E-state index < -0.39 is 176 Å². The number of carbonyl (C=O) groups excluding carboxylic acids is 5. The molecule has 0 spiro atoms. The van der Waals surface area contributed by atoms with Crippen molar-refractivity contribution in [3.8, 4) is 0 Å². The van der Waals surface area contributed by atoms with Crippen LogP contribution in [0.4, 0.5) is 15.7 Å². The topological polar surface area (TPSA) is 717 Å². The van der Waals surface area contributed by atoms with E-state index in [0.29, 0.717) is 78.4 Å². The van der Waals surface area contributed by atoms with E-state index in [-0.39, 0.29) is 85.0 Å². The molecule has 0 saturated heterocycles. The zero-order valence-corrected chi connectivity index (χ0v) is 65.6. The van der Waals surface area contributed by atoms with Crippen LogP contribution in [0.25, 0.3) is 0 Å². The maximum atomic E-state index is 13.3. The number of azo groups is 1. The summed E-state index contributed by atoms with van der Waals surface area (Å²) >= 11 is 0.637. The van der Waals surface area contributed by atoms with Gasteiger partial charge in [-0.05, 0) is 118 Å². The number of benzene rings is 3. The standard InChI is InChI=1S/C32H48N14O10S.C18H15O9PS3.C8H20N4O6.Na.Tc/c1-46(27(51)19(33)8-2-4-11-36-12-7-15-39-31(55)44-43-23-10-3-5-13-37-23)21(9-6-14-38-30(34)35)26(50)40-18-24(47)42-20(16-25(48)49)29(54)56-45-32-41-17-22(57-32)28(52)53;19-29(20,21)16-7-1-4-13(10-16)28(14-5-2-8-17(11-14)30(22,23)24)15-6-3-9-18(12-15)31(25,26)27;9-6(7(17)18)5(1-13)8(10-2-14,11-3-15)12-4-16;;/h3,5,10,13,17,19-21,36H,2,4,6-9,11-12,14-16,18,33H2,1H3,(H,39,55)(H,40,50)(H,41,45)(H,42,47)(H,48,49)(H,52,53)(H4,34,35,38);1-12H,(H,19,20,21)(H,22,23,24)(H,25,26,27);5-6,10-16H,1-4,9H2,(H,17,18);;/q;;;+1;+4/b44-43+;;;;/t19-,20+,21+;;;;/m1..../s1/i;;;;1+1. The van der Waals surface area contributed by atoms with Crippen molar-refractivity contribution in [2.24, 2.45) is 44.1 Å². The molecular formula is C58H83N18NaO25PS4Tc+5. The van der Waals surface area contributed by atoms with E-state index in [1.165, 1.54) is 66.5 Å². The number of carboxylic acid groups (broad SMARTS) is 3. The van der Waals surface area contributed by atoms with Gasteiger partial charge in [-0.1, -0.05) is 65.3 Å². The van der Waals surface area contributed by atoms with Gasteiger partial charge in [0.1, 0.15) is 28.8 Å². The van der Waals surface area contributed by atoms with Crippen LogP contribution < -0.4 is 111 Å². The number of aliphatic imine (C=N–C) groups is 1. The summed E-state index contributed by atoms with van der Waals surface area (Å²) in [4.78, 5) is 113. The summed E-state index contributed by atoms with van der Waals surface area (Å²) in [6, 6.07) is 15.0. The molecule has 26 N–H and O–H groups in total. The van der Waals surface area contributed by atoms with Crippen molar-refractivity contribution in [1.29, 1.82) is 0 Å². The molecule has 0 fully saturated rings. The second-order valence-corrected chi connectivity index (χ2v) is 29.3. The summed E-state index contributed by atoms with van der Waals surface area (Å²) in [5.41, 5.74) is 24.5. The number of carboxylic acids is 3. The number of aliphatic hydroxyl groups excluding tert-OH is 4. The Labute approximate surface area is 658 Å². The van der Waals surface area contributed by atoms with E-state index in [1.807, 2.05) is 0 Å². The van der Waals surface area contributed by atoms with E-state index >= 15 is 0 Å². The quantitative estimate of drug-likeness (QED) is 0.00199. The van der Waals surface area contributed by atoms with Crippen LogP contribution in [0, 0.1) is 5.92 Å². The molecule has 1 radical (unpaired) electrons. The number of hydrogen-bond donors (Lipinski definition) is 22. The van der Waals surface area contributed by atoms with Crippen LogP contribution in [0.3, 0.4) is 0 Å². The predicted octanol–water partition coefficient (Wildman–Crippen LogP) is -7.50. The molecule has 0 aliphatic heterocycles. The normalized spacial score (nSPS) is 12.8. The van der Waals surface area contributed by atoms with Gasteiger partial charge in [0.05, 0.1) is 72.6 Å². The maximum Gasteiger partial charge on any atom is 4.00 e. The fraction of sp³-hybridized carbons (Fsp3) is 0.397. The van der Waals surface area contributed by atoms with E-state index in [1.54, 1.807) is 24.4 Å². The first-order valence-corrected chi connectivity index (χ1v) is 37.4. The number of anilines is 1. The summed E-state index contributed by atoms with van der Waals surface area (Å²) < 4.78 is 97.7. The molecule has 0 aliphatic carbocycles. The first-order valence-electron chi connectivity index (χ1n) is 31.0. The van der Waals surface area contributed by atoms with Gasteiger partial charge in [-0.3, -0.25) is 58.6 Å². The Balaban J connectivity index is 0.000000948. The SMILES string of the molecule is CN(C(=O)[C@H](N)CCCCNCCCNC(=O)/N=N/c1ccccn1)[C@@H](CCCN=C(N)N)C(=O)NCC(=O)N[C@@H](CC(=O)O)C(=O)ONc1ncc(C(=O)O)s1.NC(C(=O)O)C(CO)C(NCO)(NCO)NCO.O=S(=O)(O)c1cccc(P(c2cccc(S(=O)(=O)O)c2)c2cccc(S(=O)(=O)O)c2)c1.[99Tc+4].[Na+]. The zero-order chi connectivity index (χ0) is 79.4. The number of aliphatic hydroxyl groups is 4. The fourth-order valence-corrected chi connectivity index (χ4v) is 14.0. The molecule has 3 aromatic carbocycles. The molecule has 2 heterocycles. The fourth-order valence-electron chi connectivity index (χ4n) is 9.15. The minimum absolute atomic E-state index is 0. The average molecular weight is 1710 g/mol. The number of nitrogens with two attached hydrogens (primary N) is 4. The van der Waals surface area contributed by atoms with Crippen LogP contribution in [0.5, 0.6) is 0 Å². The number of likely N-dealkylation sites (N-methyl/N-ethyl adjacent to an activating group) is 1. The number of rotatable bonds is 42. The smallest absolute Gasteiger partial charge is 0.481 e. The monoisotopic (exact) mass is 1710 g/mol. The van der Waals surface area contributed by atoms with Crippen LogP contribution in [-0.2, 0) is 84.1 Å². The number of aromatic nitrogens is 2. The van der Waals surface area contributed by atoms with E-state index in [2.05, 4.69) is 67.9 Å². The number of nitrogens with one attached hydrogen (secondary N) is 8. The van der Waals surface area contributed by atoms with Gasteiger partial charge in [0.2, 0.25) is 22.9 Å². The molecular weight excluding hydrogens is 1630 g/mol. The largest absolute Gasteiger partial charge is 4.00 e. The van der Waals surface area contributed by atoms with Gasteiger partial charge in [-0.25, -0.2) is 24.4 Å². The summed E-state index contributed by atoms with van der Waals surface area (Å²) in [5, 5.41) is 88.8. The summed E-state index contributed by atoms with van der Waals surface area (Å²) in [6.45, 7) is -1.43. The van der Waals surface area contributed by atoms with E-state index in [0.717, 1.165) is 24.4 Å². The Bertz CT molecular complexity index is 3970. The average Bonchev–Trinajstić information content (AvgIpc) is 0.887. The molecule has 108 heavy (non-hydrogen) atoms. The first kappa shape index (κ1) is 98.3. The predicted molar refractivity (Wildman–Crippen MR) is 378 cm³/mol. The number of thiazole rings is 1. The van der Waals surface area contributed by atoms with Crippen molar-refractivity contribution in [2.75, 3.05) is 72.1 Å². The van der Waals surface area contributed by atoms with Gasteiger partial charge in [0.15, 0.2) is 11.8 Å². The number of guanidine groups is 1. The molecule has 5 amide bonds. The third-order valence-electron chi connectivity index (χ3n) is 14.2. The molecule has 43 nitrogen and oxygen atoms in total. The minimum Gasteiger partial charge on any atom is -0.481 e. The third-order valence-corrected chi connectivity index (χ3v) is 20.0. The summed E-state index contributed by atoms with van der Waals surface area (Å²) in [7, 11) is -14.0. The maximum absolute atomic E-state index is 13.3. The Morgan fingerprint density at radius 2 is 1.23 bits per heavy atom. The molecule has 587 valence electrons. The number of aromatic carboxylic acids is 1. The van der Waals surface area contributed by atoms with Crippen LogP contribution in [0.2, 0.25) is 0 Å². The zero-order valence-electron chi connectivity index (χ0n) is 57.6. The molecule has 5 aromatic rings. The molecule has 0 saturated carbocycles. The van der Waals surface area contributed by atoms with Crippen LogP contribution in [0.15, 0.2) is 133 Å². The third kappa shape index (κ3) is 34.9. The Morgan fingerprint density at radius 1 is 0.694 bits per heavy atom. The van der Waals surface area contributed by atoms with Gasteiger partial charge >= 0.3 is 79.6 Å². The van der Waals surface area contributed by atoms with Crippen molar-refractivity contribution in [3.05, 3.63) is 108 Å². The molecule has 0 aliphatic rings. The van der Waals surface area contributed by atoms with Gasteiger partial charge in [-0.2, -0.15) is 30.7 Å². The van der Waals surface area contributed by atoms with Crippen molar-refractivity contribution in [1.82, 2.24) is 52.1 Å². The van der Waals surface area contributed by atoms with Crippen LogP contribution in [-0.4, -0.2) is 240 Å². The Kier molecular flexibility index (Phi) is 45.0. The Morgan fingerprint density at radius 3 is 1.69 bits per heavy atom. The van der Waals surface area contributed by atoms with Crippen molar-refractivity contribution >= 4 is 130 Å². The minimum atomic E-state index is -4.55. The van der Waals surface area contributed by atoms with Gasteiger partial charge in [-0.15, -0.1) is 5.11 Å². The van der Waals surface area contributed by atoms with Crippen LogP contribution >= 0.6 is 19.3 Å². The molecule has 2 aromatic heterocycles. The number of aliphatic carboxylic acids is 2. The van der Waals surface area contributed by atoms with Crippen molar-refractivity contribution in [3.63, 3.8) is 0 Å². The summed E-state index contributed by atoms with van der Waals surface area (Å²) in [6.07, 6.45) is 4.24. The molecule has 50 heteroatoms. The molecule has 2 unspecified atom stereocenters. The van der Waals surface area contributed by atoms with E-state index in [9.17, 15) is 87.5 Å². The first-order chi connectivity index (χ1) is 49.9. The number of hydrogen-bond acceptors (Lipinski definition) is 31. The van der Waals surface area contributed by atoms with Crippen molar-refractivity contribution in [2.45, 2.75) is 89.6 Å². The molecule has 0 bridgehead atoms. The van der Waals surface area contributed by atoms with Gasteiger partial charge in [0.25, 0.3) is 30.4 Å². The number of unbranched alkanes of at least 4 members (excludes halogenated alkanes) is 1.